The van der Waals surface area contributed by atoms with Crippen LogP contribution < -0.4 is 5.32 Å². The number of aliphatic hydroxyl groups is 1. The van der Waals surface area contributed by atoms with Gasteiger partial charge < -0.3 is 15.3 Å². The highest BCUT2D eigenvalue weighted by molar-refractivity contribution is 5.87. The molecule has 2 heterocycles. The third kappa shape index (κ3) is 2.93. The van der Waals surface area contributed by atoms with Crippen molar-refractivity contribution in [1.82, 2.24) is 10.2 Å². The number of benzene rings is 1. The number of hydrogen-bond donors (Lipinski definition) is 2. The number of carbonyl (C=O) groups is 1. The van der Waals surface area contributed by atoms with Gasteiger partial charge in [0, 0.05) is 43.8 Å². The zero-order chi connectivity index (χ0) is 18.4. The number of hydrogen-bond acceptors (Lipinski definition) is 3. The van der Waals surface area contributed by atoms with E-state index < -0.39 is 29.8 Å². The average molecular weight is 364 g/mol. The van der Waals surface area contributed by atoms with E-state index in [-0.39, 0.29) is 18.3 Å². The molecule has 1 aliphatic carbocycles. The van der Waals surface area contributed by atoms with Gasteiger partial charge in [-0.3, -0.25) is 4.79 Å². The summed E-state index contributed by atoms with van der Waals surface area (Å²) in [5.41, 5.74) is -1.37. The van der Waals surface area contributed by atoms with Crippen LogP contribution in [0.25, 0.3) is 0 Å². The highest BCUT2D eigenvalue weighted by Crippen LogP contribution is 2.49. The maximum atomic E-state index is 13.9. The molecule has 6 heteroatoms. The van der Waals surface area contributed by atoms with Crippen LogP contribution in [0.1, 0.15) is 37.7 Å². The summed E-state index contributed by atoms with van der Waals surface area (Å²) in [7, 11) is 0. The van der Waals surface area contributed by atoms with Gasteiger partial charge in [-0.15, -0.1) is 0 Å². The second-order valence-corrected chi connectivity index (χ2v) is 8.33. The minimum Gasteiger partial charge on any atom is -0.375 e. The maximum absolute atomic E-state index is 13.9. The van der Waals surface area contributed by atoms with Crippen LogP contribution in [0.2, 0.25) is 0 Å². The summed E-state index contributed by atoms with van der Waals surface area (Å²) in [5.74, 6) is -3.98. The SMILES string of the molecule is O=C(N1CCC2(CCNC2)C1)[C@](O)(c1ccccc1)[C@@H]1CCC(F)(F)C1. The predicted octanol–water partition coefficient (Wildman–Crippen LogP) is 2.52. The van der Waals surface area contributed by atoms with E-state index in [9.17, 15) is 18.7 Å². The number of nitrogens with zero attached hydrogens (tertiary/aromatic N) is 1. The van der Waals surface area contributed by atoms with Crippen LogP contribution in [0.5, 0.6) is 0 Å². The number of halogens is 2. The number of carbonyl (C=O) groups excluding carboxylic acids is 1. The first-order valence-corrected chi connectivity index (χ1v) is 9.51. The highest BCUT2D eigenvalue weighted by Gasteiger charge is 2.56. The van der Waals surface area contributed by atoms with Gasteiger partial charge in [0.05, 0.1) is 0 Å². The molecule has 1 unspecified atom stereocenters. The molecular weight excluding hydrogens is 338 g/mol. The van der Waals surface area contributed by atoms with Crippen LogP contribution in [-0.4, -0.2) is 48.0 Å². The quantitative estimate of drug-likeness (QED) is 0.867. The molecule has 0 aromatic heterocycles. The number of likely N-dealkylation sites (tertiary alicyclic amines) is 1. The summed E-state index contributed by atoms with van der Waals surface area (Å²) >= 11 is 0. The molecule has 0 bridgehead atoms. The Bertz CT molecular complexity index is 676. The zero-order valence-corrected chi connectivity index (χ0v) is 14.9. The Hall–Kier alpha value is -1.53. The lowest BCUT2D eigenvalue weighted by Crippen LogP contribution is -2.51. The minimum atomic E-state index is -2.81. The van der Waals surface area contributed by atoms with Crippen molar-refractivity contribution < 1.29 is 18.7 Å². The maximum Gasteiger partial charge on any atom is 0.259 e. The molecule has 4 nitrogen and oxygen atoms in total. The fraction of sp³-hybridized carbons (Fsp3) is 0.650. The Labute approximate surface area is 152 Å². The first-order valence-electron chi connectivity index (χ1n) is 9.51. The first-order chi connectivity index (χ1) is 12.3. The lowest BCUT2D eigenvalue weighted by molar-refractivity contribution is -0.159. The Kier molecular flexibility index (Phi) is 4.31. The first kappa shape index (κ1) is 17.9. The Morgan fingerprint density at radius 2 is 2.00 bits per heavy atom. The molecule has 1 saturated carbocycles. The normalized spacial score (nSPS) is 32.9. The van der Waals surface area contributed by atoms with Gasteiger partial charge >= 0.3 is 0 Å². The van der Waals surface area contributed by atoms with E-state index in [0.29, 0.717) is 18.7 Å². The summed E-state index contributed by atoms with van der Waals surface area (Å²) < 4.78 is 27.8. The van der Waals surface area contributed by atoms with Crippen molar-refractivity contribution in [2.24, 2.45) is 11.3 Å². The molecule has 1 aromatic rings. The van der Waals surface area contributed by atoms with Crippen LogP contribution in [-0.2, 0) is 10.4 Å². The molecule has 26 heavy (non-hydrogen) atoms. The molecule has 1 aromatic carbocycles. The topological polar surface area (TPSA) is 52.6 Å². The Morgan fingerprint density at radius 1 is 1.23 bits per heavy atom. The highest BCUT2D eigenvalue weighted by atomic mass is 19.3. The molecule has 3 fully saturated rings. The number of rotatable bonds is 3. The van der Waals surface area contributed by atoms with Crippen LogP contribution in [0.4, 0.5) is 8.78 Å². The van der Waals surface area contributed by atoms with E-state index in [1.165, 1.54) is 0 Å². The fourth-order valence-electron chi connectivity index (χ4n) is 5.03. The van der Waals surface area contributed by atoms with E-state index in [1.807, 2.05) is 0 Å². The molecule has 4 rings (SSSR count). The fourth-order valence-corrected chi connectivity index (χ4v) is 5.03. The van der Waals surface area contributed by atoms with Gasteiger partial charge in [0.1, 0.15) is 0 Å². The second kappa shape index (κ2) is 6.27. The van der Waals surface area contributed by atoms with Gasteiger partial charge in [-0.2, -0.15) is 0 Å². The monoisotopic (exact) mass is 364 g/mol. The van der Waals surface area contributed by atoms with Gasteiger partial charge in [-0.05, 0) is 31.4 Å². The van der Waals surface area contributed by atoms with E-state index >= 15 is 0 Å². The van der Waals surface area contributed by atoms with E-state index in [0.717, 1.165) is 25.9 Å². The van der Waals surface area contributed by atoms with Crippen molar-refractivity contribution in [3.05, 3.63) is 35.9 Å². The minimum absolute atomic E-state index is 0.0763. The van der Waals surface area contributed by atoms with Crippen LogP contribution >= 0.6 is 0 Å². The van der Waals surface area contributed by atoms with Crippen molar-refractivity contribution in [3.63, 3.8) is 0 Å². The summed E-state index contributed by atoms with van der Waals surface area (Å²) in [4.78, 5) is 15.1. The van der Waals surface area contributed by atoms with E-state index in [1.54, 1.807) is 35.2 Å². The summed E-state index contributed by atoms with van der Waals surface area (Å²) in [6, 6.07) is 8.64. The Morgan fingerprint density at radius 3 is 2.62 bits per heavy atom. The molecule has 2 saturated heterocycles. The lowest BCUT2D eigenvalue weighted by Gasteiger charge is -2.37. The molecule has 3 aliphatic rings. The molecule has 2 aliphatic heterocycles. The van der Waals surface area contributed by atoms with Crippen LogP contribution in [0.15, 0.2) is 30.3 Å². The summed E-state index contributed by atoms with van der Waals surface area (Å²) in [6.07, 6.45) is 1.36. The summed E-state index contributed by atoms with van der Waals surface area (Å²) in [5, 5.41) is 14.9. The molecular formula is C20H26F2N2O2. The largest absolute Gasteiger partial charge is 0.375 e. The van der Waals surface area contributed by atoms with Gasteiger partial charge in [-0.1, -0.05) is 30.3 Å². The van der Waals surface area contributed by atoms with Crippen molar-refractivity contribution in [2.45, 2.75) is 43.6 Å². The molecule has 142 valence electrons. The van der Waals surface area contributed by atoms with Crippen molar-refractivity contribution in [3.8, 4) is 0 Å². The third-order valence-electron chi connectivity index (χ3n) is 6.59. The number of amides is 1. The van der Waals surface area contributed by atoms with Gasteiger partial charge in [0.2, 0.25) is 5.92 Å². The van der Waals surface area contributed by atoms with Gasteiger partial charge in [0.25, 0.3) is 5.91 Å². The second-order valence-electron chi connectivity index (χ2n) is 8.33. The van der Waals surface area contributed by atoms with Crippen LogP contribution in [0.3, 0.4) is 0 Å². The number of nitrogens with one attached hydrogen (secondary N) is 1. The van der Waals surface area contributed by atoms with Crippen LogP contribution in [0, 0.1) is 11.3 Å². The molecule has 1 spiro atoms. The smallest absolute Gasteiger partial charge is 0.259 e. The number of alkyl halides is 2. The average Bonchev–Trinajstić information content (AvgIpc) is 3.36. The van der Waals surface area contributed by atoms with Crippen molar-refractivity contribution in [2.75, 3.05) is 26.2 Å². The standard InChI is InChI=1S/C20H26F2N2O2/c21-19(22)7-6-16(12-19)20(26,15-4-2-1-3-5-15)17(25)24-11-9-18(14-24)8-10-23-13-18/h1-5,16,23,26H,6-14H2/t16-,18?,20+/m1/s1. The Balaban J connectivity index is 1.64. The van der Waals surface area contributed by atoms with Gasteiger partial charge in [-0.25, -0.2) is 8.78 Å². The van der Waals surface area contributed by atoms with Crippen molar-refractivity contribution >= 4 is 5.91 Å². The molecule has 0 radical (unpaired) electrons. The van der Waals surface area contributed by atoms with Crippen molar-refractivity contribution in [1.29, 1.82) is 0 Å². The van der Waals surface area contributed by atoms with Gasteiger partial charge in [0.15, 0.2) is 5.60 Å². The molecule has 2 N–H and O–H groups in total. The predicted molar refractivity (Wildman–Crippen MR) is 93.7 cm³/mol. The third-order valence-corrected chi connectivity index (χ3v) is 6.59. The lowest BCUT2D eigenvalue weighted by atomic mass is 9.78. The summed E-state index contributed by atoms with van der Waals surface area (Å²) in [6.45, 7) is 3.00. The van der Waals surface area contributed by atoms with E-state index in [4.69, 9.17) is 0 Å². The molecule has 1 amide bonds. The van der Waals surface area contributed by atoms with E-state index in [2.05, 4.69) is 5.32 Å². The molecule has 3 atom stereocenters. The zero-order valence-electron chi connectivity index (χ0n) is 14.9.